The first-order chi connectivity index (χ1) is 12.7. The molecule has 2 aromatic carbocycles. The number of nitriles is 1. The molecule has 1 atom stereocenters. The van der Waals surface area contributed by atoms with Gasteiger partial charge >= 0.3 is 0 Å². The maximum Gasteiger partial charge on any atom is 0.253 e. The molecule has 2 aromatic rings. The second kappa shape index (κ2) is 8.74. The molecule has 27 heavy (non-hydrogen) atoms. The molecule has 1 unspecified atom stereocenters. The van der Waals surface area contributed by atoms with Gasteiger partial charge < -0.3 is 10.6 Å². The Kier molecular flexibility index (Phi) is 6.65. The summed E-state index contributed by atoms with van der Waals surface area (Å²) in [4.78, 5) is 26.4. The summed E-state index contributed by atoms with van der Waals surface area (Å²) < 4.78 is 0. The minimum atomic E-state index is -0.666. The first kappa shape index (κ1) is 20.5. The largest absolute Gasteiger partial charge is 0.350 e. The van der Waals surface area contributed by atoms with Crippen molar-refractivity contribution >= 4 is 23.6 Å². The number of nitrogens with one attached hydrogen (secondary N) is 2. The number of benzene rings is 2. The standard InChI is InChI=1S/C21H23N3O2S/c1-14(19(25)24-21(2,3)4)23-20(26)16-10-6-8-12-18(16)27-17-11-7-5-9-15(17)13-22/h5-12,14H,1-4H3,(H,23,26)(H,24,25). The van der Waals surface area contributed by atoms with Gasteiger partial charge in [0.25, 0.3) is 5.91 Å². The number of amides is 2. The Morgan fingerprint density at radius 2 is 1.63 bits per heavy atom. The van der Waals surface area contributed by atoms with Crippen molar-refractivity contribution in [2.45, 2.75) is 49.1 Å². The van der Waals surface area contributed by atoms with Crippen LogP contribution in [-0.4, -0.2) is 23.4 Å². The molecule has 5 nitrogen and oxygen atoms in total. The highest BCUT2D eigenvalue weighted by Crippen LogP contribution is 2.32. The summed E-state index contributed by atoms with van der Waals surface area (Å²) in [5.41, 5.74) is 0.645. The van der Waals surface area contributed by atoms with Gasteiger partial charge in [0.05, 0.1) is 11.1 Å². The second-order valence-electron chi connectivity index (χ2n) is 7.14. The fourth-order valence-corrected chi connectivity index (χ4v) is 3.35. The first-order valence-corrected chi connectivity index (χ1v) is 9.42. The van der Waals surface area contributed by atoms with Crippen LogP contribution in [0, 0.1) is 11.3 Å². The van der Waals surface area contributed by atoms with E-state index in [1.165, 1.54) is 11.8 Å². The highest BCUT2D eigenvalue weighted by atomic mass is 32.2. The molecule has 0 aliphatic rings. The fraction of sp³-hybridized carbons (Fsp3) is 0.286. The van der Waals surface area contributed by atoms with E-state index in [1.54, 1.807) is 31.2 Å². The third-order valence-electron chi connectivity index (χ3n) is 3.60. The lowest BCUT2D eigenvalue weighted by Gasteiger charge is -2.23. The van der Waals surface area contributed by atoms with Crippen LogP contribution in [0.4, 0.5) is 0 Å². The summed E-state index contributed by atoms with van der Waals surface area (Å²) in [6.07, 6.45) is 0. The Morgan fingerprint density at radius 3 is 2.26 bits per heavy atom. The van der Waals surface area contributed by atoms with Crippen molar-refractivity contribution < 1.29 is 9.59 Å². The molecule has 0 bridgehead atoms. The smallest absolute Gasteiger partial charge is 0.253 e. The van der Waals surface area contributed by atoms with Gasteiger partial charge in [0.15, 0.2) is 0 Å². The van der Waals surface area contributed by atoms with E-state index in [4.69, 9.17) is 0 Å². The van der Waals surface area contributed by atoms with Crippen molar-refractivity contribution in [1.82, 2.24) is 10.6 Å². The molecule has 2 amide bonds. The van der Waals surface area contributed by atoms with Gasteiger partial charge in [-0.1, -0.05) is 36.0 Å². The number of hydrogen-bond acceptors (Lipinski definition) is 4. The van der Waals surface area contributed by atoms with Gasteiger partial charge in [-0.25, -0.2) is 0 Å². The molecular weight excluding hydrogens is 358 g/mol. The molecule has 0 saturated heterocycles. The number of nitrogens with zero attached hydrogens (tertiary/aromatic N) is 1. The van der Waals surface area contributed by atoms with Gasteiger partial charge in [0.1, 0.15) is 12.1 Å². The van der Waals surface area contributed by atoms with Crippen LogP contribution in [0.1, 0.15) is 43.6 Å². The van der Waals surface area contributed by atoms with E-state index in [1.807, 2.05) is 45.0 Å². The zero-order chi connectivity index (χ0) is 20.0. The van der Waals surface area contributed by atoms with E-state index >= 15 is 0 Å². The van der Waals surface area contributed by atoms with Crippen molar-refractivity contribution in [3.05, 3.63) is 59.7 Å². The molecule has 0 aromatic heterocycles. The van der Waals surface area contributed by atoms with Crippen LogP contribution in [0.3, 0.4) is 0 Å². The van der Waals surface area contributed by atoms with Crippen molar-refractivity contribution in [3.63, 3.8) is 0 Å². The van der Waals surface area contributed by atoms with Gasteiger partial charge in [-0.15, -0.1) is 0 Å². The van der Waals surface area contributed by atoms with Crippen LogP contribution in [0.15, 0.2) is 58.3 Å². The van der Waals surface area contributed by atoms with Crippen LogP contribution in [-0.2, 0) is 4.79 Å². The predicted octanol–water partition coefficient (Wildman–Crippen LogP) is 3.74. The minimum absolute atomic E-state index is 0.240. The molecule has 0 radical (unpaired) electrons. The van der Waals surface area contributed by atoms with Gasteiger partial charge in [-0.05, 0) is 52.0 Å². The van der Waals surface area contributed by atoms with E-state index in [9.17, 15) is 14.9 Å². The molecule has 0 heterocycles. The molecule has 2 N–H and O–H groups in total. The van der Waals surface area contributed by atoms with E-state index < -0.39 is 6.04 Å². The Hall–Kier alpha value is -2.78. The molecular formula is C21H23N3O2S. The average molecular weight is 382 g/mol. The molecule has 0 aliphatic carbocycles. The lowest BCUT2D eigenvalue weighted by Crippen LogP contribution is -2.50. The third kappa shape index (κ3) is 5.87. The number of rotatable bonds is 5. The minimum Gasteiger partial charge on any atom is -0.350 e. The van der Waals surface area contributed by atoms with E-state index in [2.05, 4.69) is 16.7 Å². The van der Waals surface area contributed by atoms with Crippen molar-refractivity contribution in [2.75, 3.05) is 0 Å². The zero-order valence-electron chi connectivity index (χ0n) is 15.9. The quantitative estimate of drug-likeness (QED) is 0.826. The van der Waals surface area contributed by atoms with Crippen molar-refractivity contribution in [2.24, 2.45) is 0 Å². The normalized spacial score (nSPS) is 12.0. The maximum absolute atomic E-state index is 12.7. The second-order valence-corrected chi connectivity index (χ2v) is 8.22. The molecule has 6 heteroatoms. The summed E-state index contributed by atoms with van der Waals surface area (Å²) in [5.74, 6) is -0.570. The van der Waals surface area contributed by atoms with E-state index in [0.717, 1.165) is 9.79 Å². The molecule has 0 saturated carbocycles. The van der Waals surface area contributed by atoms with E-state index in [0.29, 0.717) is 11.1 Å². The van der Waals surface area contributed by atoms with Crippen LogP contribution >= 0.6 is 11.8 Å². The fourth-order valence-electron chi connectivity index (χ4n) is 2.33. The summed E-state index contributed by atoms with van der Waals surface area (Å²) in [6.45, 7) is 7.31. The molecule has 140 valence electrons. The number of hydrogen-bond donors (Lipinski definition) is 2. The Labute approximate surface area is 164 Å². The predicted molar refractivity (Wildman–Crippen MR) is 107 cm³/mol. The first-order valence-electron chi connectivity index (χ1n) is 8.60. The zero-order valence-corrected chi connectivity index (χ0v) is 16.7. The lowest BCUT2D eigenvalue weighted by molar-refractivity contribution is -0.124. The SMILES string of the molecule is CC(NC(=O)c1ccccc1Sc1ccccc1C#N)C(=O)NC(C)(C)C. The number of carbonyl (C=O) groups excluding carboxylic acids is 2. The van der Waals surface area contributed by atoms with Crippen LogP contribution in [0.25, 0.3) is 0 Å². The Balaban J connectivity index is 2.18. The van der Waals surface area contributed by atoms with E-state index in [-0.39, 0.29) is 17.4 Å². The summed E-state index contributed by atoms with van der Waals surface area (Å²) in [5, 5.41) is 14.9. The Morgan fingerprint density at radius 1 is 1.04 bits per heavy atom. The van der Waals surface area contributed by atoms with Gasteiger partial charge in [-0.2, -0.15) is 5.26 Å². The molecule has 0 aliphatic heterocycles. The lowest BCUT2D eigenvalue weighted by atomic mass is 10.1. The van der Waals surface area contributed by atoms with Crippen LogP contribution in [0.5, 0.6) is 0 Å². The molecule has 2 rings (SSSR count). The monoisotopic (exact) mass is 381 g/mol. The van der Waals surface area contributed by atoms with Gasteiger partial charge in [-0.3, -0.25) is 9.59 Å². The molecule has 0 fully saturated rings. The maximum atomic E-state index is 12.7. The Bertz CT molecular complexity index is 881. The topological polar surface area (TPSA) is 82.0 Å². The van der Waals surface area contributed by atoms with Crippen LogP contribution < -0.4 is 10.6 Å². The third-order valence-corrected chi connectivity index (χ3v) is 4.75. The summed E-state index contributed by atoms with van der Waals surface area (Å²) >= 11 is 1.36. The highest BCUT2D eigenvalue weighted by molar-refractivity contribution is 7.99. The van der Waals surface area contributed by atoms with Crippen molar-refractivity contribution in [1.29, 1.82) is 5.26 Å². The molecule has 0 spiro atoms. The summed E-state index contributed by atoms with van der Waals surface area (Å²) in [7, 11) is 0. The number of carbonyl (C=O) groups is 2. The van der Waals surface area contributed by atoms with Gasteiger partial charge in [0, 0.05) is 15.3 Å². The van der Waals surface area contributed by atoms with Crippen LogP contribution in [0.2, 0.25) is 0 Å². The highest BCUT2D eigenvalue weighted by Gasteiger charge is 2.22. The van der Waals surface area contributed by atoms with Crippen molar-refractivity contribution in [3.8, 4) is 6.07 Å². The average Bonchev–Trinajstić information content (AvgIpc) is 2.61. The van der Waals surface area contributed by atoms with Gasteiger partial charge in [0.2, 0.25) is 5.91 Å². The summed E-state index contributed by atoms with van der Waals surface area (Å²) in [6, 6.07) is 15.9.